The summed E-state index contributed by atoms with van der Waals surface area (Å²) in [5.41, 5.74) is 4.75. The van der Waals surface area contributed by atoms with Gasteiger partial charge in [-0.05, 0) is 53.3 Å². The summed E-state index contributed by atoms with van der Waals surface area (Å²) in [5, 5.41) is 4.26. The molecule has 0 saturated carbocycles. The molecule has 5 nitrogen and oxygen atoms in total. The summed E-state index contributed by atoms with van der Waals surface area (Å²) in [6, 6.07) is 17.0. The predicted octanol–water partition coefficient (Wildman–Crippen LogP) is 3.26. The van der Waals surface area contributed by atoms with Gasteiger partial charge >= 0.3 is 0 Å². The SMILES string of the molecule is Cn1ccc2cc(CCC(=O)NCc3ccc(N4CCOCC4)cc3)ccc21. The molecule has 2 heterocycles. The van der Waals surface area contributed by atoms with Gasteiger partial charge in [0.05, 0.1) is 13.2 Å². The molecule has 0 radical (unpaired) electrons. The second-order valence-electron chi connectivity index (χ2n) is 7.36. The van der Waals surface area contributed by atoms with Crippen LogP contribution in [0.3, 0.4) is 0 Å². The predicted molar refractivity (Wildman–Crippen MR) is 113 cm³/mol. The van der Waals surface area contributed by atoms with Gasteiger partial charge < -0.3 is 19.5 Å². The highest BCUT2D eigenvalue weighted by Crippen LogP contribution is 2.18. The molecule has 0 unspecified atom stereocenters. The van der Waals surface area contributed by atoms with Crippen LogP contribution >= 0.6 is 0 Å². The second-order valence-corrected chi connectivity index (χ2v) is 7.36. The van der Waals surface area contributed by atoms with Crippen LogP contribution in [0.4, 0.5) is 5.69 Å². The van der Waals surface area contributed by atoms with E-state index >= 15 is 0 Å². The number of hydrogen-bond donors (Lipinski definition) is 1. The molecule has 28 heavy (non-hydrogen) atoms. The molecular weight excluding hydrogens is 350 g/mol. The van der Waals surface area contributed by atoms with E-state index in [1.165, 1.54) is 22.2 Å². The van der Waals surface area contributed by atoms with E-state index in [0.717, 1.165) is 38.3 Å². The molecule has 1 saturated heterocycles. The zero-order chi connectivity index (χ0) is 19.3. The maximum Gasteiger partial charge on any atom is 0.220 e. The Morgan fingerprint density at radius 3 is 2.57 bits per heavy atom. The lowest BCUT2D eigenvalue weighted by molar-refractivity contribution is -0.121. The number of amides is 1. The van der Waals surface area contributed by atoms with E-state index in [4.69, 9.17) is 4.74 Å². The number of fused-ring (bicyclic) bond motifs is 1. The van der Waals surface area contributed by atoms with Crippen molar-refractivity contribution in [3.8, 4) is 0 Å². The van der Waals surface area contributed by atoms with Gasteiger partial charge in [-0.3, -0.25) is 4.79 Å². The lowest BCUT2D eigenvalue weighted by atomic mass is 10.1. The van der Waals surface area contributed by atoms with Gasteiger partial charge in [0.25, 0.3) is 0 Å². The van der Waals surface area contributed by atoms with Gasteiger partial charge in [0.2, 0.25) is 5.91 Å². The summed E-state index contributed by atoms with van der Waals surface area (Å²) in [7, 11) is 2.04. The van der Waals surface area contributed by atoms with Crippen molar-refractivity contribution in [2.75, 3.05) is 31.2 Å². The molecule has 1 fully saturated rings. The number of ether oxygens (including phenoxy) is 1. The van der Waals surface area contributed by atoms with E-state index in [2.05, 4.69) is 69.5 Å². The van der Waals surface area contributed by atoms with E-state index < -0.39 is 0 Å². The van der Waals surface area contributed by atoms with Gasteiger partial charge in [0.1, 0.15) is 0 Å². The highest BCUT2D eigenvalue weighted by atomic mass is 16.5. The molecule has 2 aromatic carbocycles. The average molecular weight is 377 g/mol. The third-order valence-electron chi connectivity index (χ3n) is 5.39. The smallest absolute Gasteiger partial charge is 0.220 e. The van der Waals surface area contributed by atoms with Gasteiger partial charge in [-0.25, -0.2) is 0 Å². The number of carbonyl (C=O) groups is 1. The molecule has 3 aromatic rings. The van der Waals surface area contributed by atoms with Crippen molar-refractivity contribution < 1.29 is 9.53 Å². The van der Waals surface area contributed by atoms with Crippen LogP contribution in [0.25, 0.3) is 10.9 Å². The topological polar surface area (TPSA) is 46.5 Å². The molecule has 5 heteroatoms. The fourth-order valence-electron chi connectivity index (χ4n) is 3.68. The van der Waals surface area contributed by atoms with E-state index in [0.29, 0.717) is 13.0 Å². The van der Waals surface area contributed by atoms with Gasteiger partial charge in [0.15, 0.2) is 0 Å². The van der Waals surface area contributed by atoms with Gasteiger partial charge in [-0.2, -0.15) is 0 Å². The van der Waals surface area contributed by atoms with Crippen molar-refractivity contribution in [3.05, 3.63) is 65.9 Å². The number of aryl methyl sites for hydroxylation is 2. The minimum atomic E-state index is 0.0883. The van der Waals surface area contributed by atoms with Gasteiger partial charge in [-0.1, -0.05) is 18.2 Å². The fourth-order valence-corrected chi connectivity index (χ4v) is 3.68. The Balaban J connectivity index is 1.25. The van der Waals surface area contributed by atoms with Crippen LogP contribution in [0.2, 0.25) is 0 Å². The first-order chi connectivity index (χ1) is 13.7. The van der Waals surface area contributed by atoms with Crippen molar-refractivity contribution >= 4 is 22.5 Å². The quantitative estimate of drug-likeness (QED) is 0.717. The molecule has 1 aliphatic rings. The average Bonchev–Trinajstić information content (AvgIpc) is 3.12. The Bertz CT molecular complexity index is 940. The number of hydrogen-bond acceptors (Lipinski definition) is 3. The standard InChI is InChI=1S/C23H27N3O2/c1-25-11-10-20-16-18(4-8-22(20)25)5-9-23(27)24-17-19-2-6-21(7-3-19)26-12-14-28-15-13-26/h2-4,6-8,10-11,16H,5,9,12-15,17H2,1H3,(H,24,27). The summed E-state index contributed by atoms with van der Waals surface area (Å²) in [6.45, 7) is 4.01. The summed E-state index contributed by atoms with van der Waals surface area (Å²) in [6.07, 6.45) is 3.32. The molecule has 0 spiro atoms. The second kappa shape index (κ2) is 8.48. The van der Waals surface area contributed by atoms with Gasteiger partial charge in [-0.15, -0.1) is 0 Å². The molecule has 1 aromatic heterocycles. The number of anilines is 1. The number of nitrogens with zero attached hydrogens (tertiary/aromatic N) is 2. The van der Waals surface area contributed by atoms with Crippen LogP contribution in [-0.4, -0.2) is 36.8 Å². The number of morpholine rings is 1. The Morgan fingerprint density at radius 2 is 1.79 bits per heavy atom. The largest absolute Gasteiger partial charge is 0.378 e. The van der Waals surface area contributed by atoms with Crippen LogP contribution in [-0.2, 0) is 29.5 Å². The summed E-state index contributed by atoms with van der Waals surface area (Å²) in [5.74, 6) is 0.0883. The van der Waals surface area contributed by atoms with Crippen LogP contribution < -0.4 is 10.2 Å². The normalized spacial score (nSPS) is 14.4. The Morgan fingerprint density at radius 1 is 1.04 bits per heavy atom. The number of rotatable bonds is 6. The number of benzene rings is 2. The highest BCUT2D eigenvalue weighted by Gasteiger charge is 2.11. The number of carbonyl (C=O) groups excluding carboxylic acids is 1. The molecule has 1 amide bonds. The maximum absolute atomic E-state index is 12.2. The molecule has 1 N–H and O–H groups in total. The van der Waals surface area contributed by atoms with E-state index in [1.807, 2.05) is 7.05 Å². The first-order valence-electron chi connectivity index (χ1n) is 9.91. The Hall–Kier alpha value is -2.79. The third-order valence-corrected chi connectivity index (χ3v) is 5.39. The van der Waals surface area contributed by atoms with Crippen molar-refractivity contribution in [1.82, 2.24) is 9.88 Å². The van der Waals surface area contributed by atoms with E-state index in [-0.39, 0.29) is 5.91 Å². The van der Waals surface area contributed by atoms with Crippen LogP contribution in [0, 0.1) is 0 Å². The first kappa shape index (κ1) is 18.6. The lowest BCUT2D eigenvalue weighted by Gasteiger charge is -2.28. The lowest BCUT2D eigenvalue weighted by Crippen LogP contribution is -2.36. The van der Waals surface area contributed by atoms with Crippen LogP contribution in [0.15, 0.2) is 54.7 Å². The molecule has 1 aliphatic heterocycles. The fraction of sp³-hybridized carbons (Fsp3) is 0.348. The van der Waals surface area contributed by atoms with Gasteiger partial charge in [0, 0.05) is 50.5 Å². The van der Waals surface area contributed by atoms with Crippen molar-refractivity contribution in [3.63, 3.8) is 0 Å². The maximum atomic E-state index is 12.2. The molecule has 146 valence electrons. The van der Waals surface area contributed by atoms with Crippen molar-refractivity contribution in [2.24, 2.45) is 7.05 Å². The Labute approximate surface area is 165 Å². The molecule has 0 atom stereocenters. The number of nitrogens with one attached hydrogen (secondary N) is 1. The summed E-state index contributed by atoms with van der Waals surface area (Å²) >= 11 is 0. The molecule has 4 rings (SSSR count). The summed E-state index contributed by atoms with van der Waals surface area (Å²) < 4.78 is 7.50. The molecule has 0 bridgehead atoms. The highest BCUT2D eigenvalue weighted by molar-refractivity contribution is 5.81. The number of aromatic nitrogens is 1. The monoisotopic (exact) mass is 377 g/mol. The van der Waals surface area contributed by atoms with Crippen molar-refractivity contribution in [1.29, 1.82) is 0 Å². The minimum Gasteiger partial charge on any atom is -0.378 e. The zero-order valence-corrected chi connectivity index (χ0v) is 16.4. The third kappa shape index (κ3) is 4.37. The van der Waals surface area contributed by atoms with Crippen LogP contribution in [0.1, 0.15) is 17.5 Å². The molecule has 0 aliphatic carbocycles. The Kier molecular flexibility index (Phi) is 5.63. The first-order valence-corrected chi connectivity index (χ1v) is 9.91. The van der Waals surface area contributed by atoms with E-state index in [9.17, 15) is 4.79 Å². The van der Waals surface area contributed by atoms with Crippen molar-refractivity contribution in [2.45, 2.75) is 19.4 Å². The molecular formula is C23H27N3O2. The zero-order valence-electron chi connectivity index (χ0n) is 16.4. The van der Waals surface area contributed by atoms with Crippen LogP contribution in [0.5, 0.6) is 0 Å². The van der Waals surface area contributed by atoms with E-state index in [1.54, 1.807) is 0 Å². The minimum absolute atomic E-state index is 0.0883. The summed E-state index contributed by atoms with van der Waals surface area (Å²) in [4.78, 5) is 14.6.